The SMILES string of the molecule is CCNS(=O)(=O)c1ccc(C(=O)N(C)CCNC)cc1. The Balaban J connectivity index is 2.83. The molecule has 0 bridgehead atoms. The van der Waals surface area contributed by atoms with E-state index in [1.807, 2.05) is 7.05 Å². The van der Waals surface area contributed by atoms with Crippen molar-refractivity contribution in [3.8, 4) is 0 Å². The largest absolute Gasteiger partial charge is 0.340 e. The molecule has 0 aromatic heterocycles. The number of benzene rings is 1. The average Bonchev–Trinajstić information content (AvgIpc) is 2.44. The maximum atomic E-state index is 12.1. The quantitative estimate of drug-likeness (QED) is 0.758. The number of carbonyl (C=O) groups is 1. The van der Waals surface area contributed by atoms with E-state index in [4.69, 9.17) is 0 Å². The molecule has 1 amide bonds. The predicted molar refractivity (Wildman–Crippen MR) is 78.2 cm³/mol. The van der Waals surface area contributed by atoms with E-state index in [0.29, 0.717) is 25.2 Å². The molecule has 1 rings (SSSR count). The molecule has 20 heavy (non-hydrogen) atoms. The summed E-state index contributed by atoms with van der Waals surface area (Å²) >= 11 is 0. The van der Waals surface area contributed by atoms with Gasteiger partial charge < -0.3 is 10.2 Å². The van der Waals surface area contributed by atoms with Gasteiger partial charge >= 0.3 is 0 Å². The van der Waals surface area contributed by atoms with E-state index in [1.54, 1.807) is 18.9 Å². The van der Waals surface area contributed by atoms with E-state index in [-0.39, 0.29) is 10.8 Å². The summed E-state index contributed by atoms with van der Waals surface area (Å²) in [5.74, 6) is -0.132. The molecule has 0 spiro atoms. The molecule has 2 N–H and O–H groups in total. The van der Waals surface area contributed by atoms with Crippen LogP contribution in [-0.4, -0.2) is 53.0 Å². The Morgan fingerprint density at radius 1 is 1.25 bits per heavy atom. The Morgan fingerprint density at radius 2 is 1.85 bits per heavy atom. The van der Waals surface area contributed by atoms with Gasteiger partial charge in [0.1, 0.15) is 0 Å². The van der Waals surface area contributed by atoms with Gasteiger partial charge in [0.2, 0.25) is 10.0 Å². The molecular formula is C13H21N3O3S. The highest BCUT2D eigenvalue weighted by molar-refractivity contribution is 7.89. The van der Waals surface area contributed by atoms with E-state index in [2.05, 4.69) is 10.0 Å². The molecule has 0 aliphatic carbocycles. The number of carbonyl (C=O) groups excluding carboxylic acids is 1. The topological polar surface area (TPSA) is 78.5 Å². The molecule has 1 aromatic carbocycles. The zero-order valence-electron chi connectivity index (χ0n) is 12.0. The number of sulfonamides is 1. The Bertz CT molecular complexity index is 540. The third-order valence-corrected chi connectivity index (χ3v) is 4.35. The number of amides is 1. The van der Waals surface area contributed by atoms with Crippen molar-refractivity contribution in [1.29, 1.82) is 0 Å². The van der Waals surface area contributed by atoms with Crippen LogP contribution in [-0.2, 0) is 10.0 Å². The number of nitrogens with zero attached hydrogens (tertiary/aromatic N) is 1. The van der Waals surface area contributed by atoms with Crippen molar-refractivity contribution in [2.75, 3.05) is 33.7 Å². The minimum absolute atomic E-state index is 0.132. The van der Waals surface area contributed by atoms with Crippen LogP contribution >= 0.6 is 0 Å². The van der Waals surface area contributed by atoms with Crippen molar-refractivity contribution in [2.45, 2.75) is 11.8 Å². The molecule has 0 atom stereocenters. The Hall–Kier alpha value is -1.44. The molecule has 0 saturated heterocycles. The van der Waals surface area contributed by atoms with Crippen LogP contribution in [0.25, 0.3) is 0 Å². The van der Waals surface area contributed by atoms with Gasteiger partial charge in [0.15, 0.2) is 0 Å². The highest BCUT2D eigenvalue weighted by atomic mass is 32.2. The molecule has 1 aromatic rings. The van der Waals surface area contributed by atoms with E-state index >= 15 is 0 Å². The number of likely N-dealkylation sites (N-methyl/N-ethyl adjacent to an activating group) is 2. The molecule has 0 fully saturated rings. The smallest absolute Gasteiger partial charge is 0.253 e. The van der Waals surface area contributed by atoms with Crippen LogP contribution in [0.2, 0.25) is 0 Å². The summed E-state index contributed by atoms with van der Waals surface area (Å²) in [5.41, 5.74) is 0.471. The summed E-state index contributed by atoms with van der Waals surface area (Å²) in [5, 5.41) is 2.97. The zero-order valence-corrected chi connectivity index (χ0v) is 12.8. The lowest BCUT2D eigenvalue weighted by Crippen LogP contribution is -2.32. The van der Waals surface area contributed by atoms with Crippen LogP contribution in [0.1, 0.15) is 17.3 Å². The van der Waals surface area contributed by atoms with Crippen LogP contribution < -0.4 is 10.0 Å². The summed E-state index contributed by atoms with van der Waals surface area (Å²) in [7, 11) is 0.0573. The highest BCUT2D eigenvalue weighted by Gasteiger charge is 2.15. The fourth-order valence-electron chi connectivity index (χ4n) is 1.65. The summed E-state index contributed by atoms with van der Waals surface area (Å²) in [6.45, 7) is 3.34. The maximum absolute atomic E-state index is 12.1. The number of nitrogens with one attached hydrogen (secondary N) is 2. The third-order valence-electron chi connectivity index (χ3n) is 2.79. The second-order valence-corrected chi connectivity index (χ2v) is 6.12. The van der Waals surface area contributed by atoms with Gasteiger partial charge in [0, 0.05) is 32.2 Å². The van der Waals surface area contributed by atoms with Crippen molar-refractivity contribution in [3.05, 3.63) is 29.8 Å². The molecule has 112 valence electrons. The van der Waals surface area contributed by atoms with E-state index in [9.17, 15) is 13.2 Å². The first-order valence-electron chi connectivity index (χ1n) is 6.42. The lowest BCUT2D eigenvalue weighted by molar-refractivity contribution is 0.0796. The van der Waals surface area contributed by atoms with Crippen molar-refractivity contribution >= 4 is 15.9 Å². The standard InChI is InChI=1S/C13H21N3O3S/c1-4-15-20(18,19)12-7-5-11(6-8-12)13(17)16(3)10-9-14-2/h5-8,14-15H,4,9-10H2,1-3H3. The van der Waals surface area contributed by atoms with Gasteiger partial charge in [0.05, 0.1) is 4.90 Å². The highest BCUT2D eigenvalue weighted by Crippen LogP contribution is 2.11. The number of hydrogen-bond acceptors (Lipinski definition) is 4. The van der Waals surface area contributed by atoms with Gasteiger partial charge in [0.25, 0.3) is 5.91 Å². The van der Waals surface area contributed by atoms with Gasteiger partial charge in [-0.1, -0.05) is 6.92 Å². The Labute approximate surface area is 120 Å². The molecular weight excluding hydrogens is 278 g/mol. The van der Waals surface area contributed by atoms with E-state index in [0.717, 1.165) is 0 Å². The fraction of sp³-hybridized carbons (Fsp3) is 0.462. The monoisotopic (exact) mass is 299 g/mol. The molecule has 0 radical (unpaired) electrons. The molecule has 0 aliphatic rings. The first kappa shape index (κ1) is 16.6. The summed E-state index contributed by atoms with van der Waals surface area (Å²) in [6.07, 6.45) is 0. The second kappa shape index (κ2) is 7.37. The van der Waals surface area contributed by atoms with Crippen molar-refractivity contribution in [1.82, 2.24) is 14.9 Å². The maximum Gasteiger partial charge on any atom is 0.253 e. The molecule has 0 unspecified atom stereocenters. The zero-order chi connectivity index (χ0) is 15.2. The minimum atomic E-state index is -3.47. The van der Waals surface area contributed by atoms with Crippen LogP contribution in [0.15, 0.2) is 29.2 Å². The minimum Gasteiger partial charge on any atom is -0.340 e. The van der Waals surface area contributed by atoms with Gasteiger partial charge in [-0.15, -0.1) is 0 Å². The van der Waals surface area contributed by atoms with Crippen LogP contribution in [0, 0.1) is 0 Å². The summed E-state index contributed by atoms with van der Waals surface area (Å²) in [4.78, 5) is 13.8. The van der Waals surface area contributed by atoms with E-state index < -0.39 is 10.0 Å². The normalized spacial score (nSPS) is 11.3. The van der Waals surface area contributed by atoms with Crippen molar-refractivity contribution in [2.24, 2.45) is 0 Å². The lowest BCUT2D eigenvalue weighted by Gasteiger charge is -2.17. The van der Waals surface area contributed by atoms with Crippen molar-refractivity contribution in [3.63, 3.8) is 0 Å². The van der Waals surface area contributed by atoms with Crippen molar-refractivity contribution < 1.29 is 13.2 Å². The van der Waals surface area contributed by atoms with E-state index in [1.165, 1.54) is 24.3 Å². The van der Waals surface area contributed by atoms with Gasteiger partial charge in [-0.25, -0.2) is 13.1 Å². The first-order chi connectivity index (χ1) is 9.42. The van der Waals surface area contributed by atoms with Crippen LogP contribution in [0.5, 0.6) is 0 Å². The molecule has 6 nitrogen and oxygen atoms in total. The second-order valence-electron chi connectivity index (χ2n) is 4.36. The number of rotatable bonds is 7. The molecule has 0 saturated carbocycles. The third kappa shape index (κ3) is 4.29. The first-order valence-corrected chi connectivity index (χ1v) is 7.90. The van der Waals surface area contributed by atoms with Crippen LogP contribution in [0.4, 0.5) is 0 Å². The summed E-state index contributed by atoms with van der Waals surface area (Å²) < 4.78 is 26.0. The summed E-state index contributed by atoms with van der Waals surface area (Å²) in [6, 6.07) is 5.94. The molecule has 0 heterocycles. The van der Waals surface area contributed by atoms with Gasteiger partial charge in [-0.05, 0) is 31.3 Å². The lowest BCUT2D eigenvalue weighted by atomic mass is 10.2. The fourth-order valence-corrected chi connectivity index (χ4v) is 2.69. The molecule has 7 heteroatoms. The predicted octanol–water partition coefficient (Wildman–Crippen LogP) is 0.276. The molecule has 0 aliphatic heterocycles. The average molecular weight is 299 g/mol. The van der Waals surface area contributed by atoms with Crippen LogP contribution in [0.3, 0.4) is 0 Å². The Kier molecular flexibility index (Phi) is 6.12. The van der Waals surface area contributed by atoms with Gasteiger partial charge in [-0.2, -0.15) is 0 Å². The van der Waals surface area contributed by atoms with Gasteiger partial charge in [-0.3, -0.25) is 4.79 Å². The Morgan fingerprint density at radius 3 is 2.35 bits per heavy atom. The number of hydrogen-bond donors (Lipinski definition) is 2.